The average Bonchev–Trinajstić information content (AvgIpc) is 2.65. The van der Waals surface area contributed by atoms with E-state index in [9.17, 15) is 22.7 Å². The van der Waals surface area contributed by atoms with Gasteiger partial charge >= 0.3 is 7.12 Å². The van der Waals surface area contributed by atoms with Crippen molar-refractivity contribution < 1.29 is 32.0 Å². The molecular weight excluding hydrogens is 315 g/mol. The second-order valence-electron chi connectivity index (χ2n) is 6.35. The van der Waals surface area contributed by atoms with Gasteiger partial charge in [0, 0.05) is 6.07 Å². The first-order chi connectivity index (χ1) is 10.5. The summed E-state index contributed by atoms with van der Waals surface area (Å²) >= 11 is 0. The fraction of sp³-hybridized carbons (Fsp3) is 0.467. The van der Waals surface area contributed by atoms with Crippen molar-refractivity contribution in [2.24, 2.45) is 0 Å². The molecule has 0 amide bonds. The number of aliphatic hydroxyl groups is 1. The fourth-order valence-corrected chi connectivity index (χ4v) is 2.09. The van der Waals surface area contributed by atoms with E-state index >= 15 is 0 Å². The van der Waals surface area contributed by atoms with Crippen LogP contribution in [0.3, 0.4) is 0 Å². The Labute approximate surface area is 132 Å². The van der Waals surface area contributed by atoms with E-state index in [0.717, 1.165) is 6.08 Å². The fourth-order valence-electron chi connectivity index (χ4n) is 2.09. The molecule has 0 aliphatic carbocycles. The lowest BCUT2D eigenvalue weighted by Crippen LogP contribution is -2.41. The quantitative estimate of drug-likeness (QED) is 0.525. The SMILES string of the molecule is CC1(C)OB(C(=Cc2c(F)c(F)cc(F)c2F)CO)OC1(C)C. The number of aliphatic hydroxyl groups excluding tert-OH is 1. The molecule has 0 unspecified atom stereocenters. The van der Waals surface area contributed by atoms with Crippen LogP contribution in [0.1, 0.15) is 33.3 Å². The molecule has 0 saturated carbocycles. The maximum absolute atomic E-state index is 13.7. The second-order valence-corrected chi connectivity index (χ2v) is 6.35. The Hall–Kier alpha value is -1.38. The number of halogens is 4. The molecule has 1 aliphatic rings. The summed E-state index contributed by atoms with van der Waals surface area (Å²) < 4.78 is 65.3. The standard InChI is InChI=1S/C15H17BF4O3/c1-14(2)15(3,4)23-16(22-14)8(7-21)5-9-12(19)10(17)6-11(18)13(9)20/h5-6,21H,7H2,1-4H3. The molecule has 1 heterocycles. The van der Waals surface area contributed by atoms with Gasteiger partial charge in [-0.25, -0.2) is 17.6 Å². The van der Waals surface area contributed by atoms with Gasteiger partial charge in [0.05, 0.1) is 23.4 Å². The van der Waals surface area contributed by atoms with Gasteiger partial charge in [-0.15, -0.1) is 0 Å². The Kier molecular flexibility index (Phi) is 4.63. The Balaban J connectivity index is 2.46. The van der Waals surface area contributed by atoms with Crippen molar-refractivity contribution in [3.05, 3.63) is 40.4 Å². The van der Waals surface area contributed by atoms with Crippen molar-refractivity contribution >= 4 is 13.2 Å². The molecule has 1 aromatic carbocycles. The topological polar surface area (TPSA) is 38.7 Å². The van der Waals surface area contributed by atoms with Gasteiger partial charge < -0.3 is 14.4 Å². The highest BCUT2D eigenvalue weighted by molar-refractivity contribution is 6.55. The number of benzene rings is 1. The minimum absolute atomic E-state index is 0.0496. The summed E-state index contributed by atoms with van der Waals surface area (Å²) in [6.07, 6.45) is 0.805. The van der Waals surface area contributed by atoms with Crippen LogP contribution in [0.15, 0.2) is 11.5 Å². The van der Waals surface area contributed by atoms with Crippen LogP contribution in [-0.2, 0) is 9.31 Å². The predicted octanol–water partition coefficient (Wildman–Crippen LogP) is 3.25. The number of hydrogen-bond donors (Lipinski definition) is 1. The lowest BCUT2D eigenvalue weighted by molar-refractivity contribution is 0.00578. The third-order valence-corrected chi connectivity index (χ3v) is 4.21. The molecule has 126 valence electrons. The van der Waals surface area contributed by atoms with Crippen molar-refractivity contribution in [3.63, 3.8) is 0 Å². The molecule has 1 aromatic rings. The van der Waals surface area contributed by atoms with Gasteiger partial charge in [-0.2, -0.15) is 0 Å². The molecule has 1 N–H and O–H groups in total. The molecule has 0 spiro atoms. The van der Waals surface area contributed by atoms with Gasteiger partial charge in [0.15, 0.2) is 23.3 Å². The second kappa shape index (κ2) is 5.92. The molecule has 2 rings (SSSR count). The van der Waals surface area contributed by atoms with Crippen molar-refractivity contribution in [2.75, 3.05) is 6.61 Å². The number of rotatable bonds is 3. The van der Waals surface area contributed by atoms with Gasteiger partial charge in [0.1, 0.15) is 0 Å². The van der Waals surface area contributed by atoms with E-state index in [1.54, 1.807) is 27.7 Å². The summed E-state index contributed by atoms with van der Waals surface area (Å²) in [5.41, 5.74) is -2.46. The summed E-state index contributed by atoms with van der Waals surface area (Å²) in [5, 5.41) is 9.45. The third kappa shape index (κ3) is 3.15. The summed E-state index contributed by atoms with van der Waals surface area (Å²) in [6, 6.07) is 0.120. The zero-order valence-corrected chi connectivity index (χ0v) is 13.2. The molecule has 3 nitrogen and oxygen atoms in total. The van der Waals surface area contributed by atoms with E-state index in [1.165, 1.54) is 0 Å². The molecule has 8 heteroatoms. The van der Waals surface area contributed by atoms with E-state index in [0.29, 0.717) is 0 Å². The maximum atomic E-state index is 13.7. The van der Waals surface area contributed by atoms with Gasteiger partial charge in [-0.3, -0.25) is 0 Å². The summed E-state index contributed by atoms with van der Waals surface area (Å²) in [7, 11) is -1.09. The Morgan fingerprint density at radius 2 is 1.48 bits per heavy atom. The Morgan fingerprint density at radius 3 is 1.87 bits per heavy atom. The van der Waals surface area contributed by atoms with Crippen molar-refractivity contribution in [2.45, 2.75) is 38.9 Å². The smallest absolute Gasteiger partial charge is 0.400 e. The van der Waals surface area contributed by atoms with Gasteiger partial charge in [-0.05, 0) is 33.2 Å². The lowest BCUT2D eigenvalue weighted by Gasteiger charge is -2.32. The van der Waals surface area contributed by atoms with Crippen LogP contribution >= 0.6 is 0 Å². The Morgan fingerprint density at radius 1 is 1.04 bits per heavy atom. The molecule has 0 aromatic heterocycles. The monoisotopic (exact) mass is 332 g/mol. The third-order valence-electron chi connectivity index (χ3n) is 4.21. The molecule has 0 radical (unpaired) electrons. The predicted molar refractivity (Wildman–Crippen MR) is 77.4 cm³/mol. The van der Waals surface area contributed by atoms with E-state index in [1.807, 2.05) is 0 Å². The van der Waals surface area contributed by atoms with Gasteiger partial charge in [0.25, 0.3) is 0 Å². The van der Waals surface area contributed by atoms with Gasteiger partial charge in [0.2, 0.25) is 0 Å². The molecule has 1 fully saturated rings. The van der Waals surface area contributed by atoms with Crippen LogP contribution < -0.4 is 0 Å². The summed E-state index contributed by atoms with van der Waals surface area (Å²) in [5.74, 6) is -6.15. The summed E-state index contributed by atoms with van der Waals surface area (Å²) in [4.78, 5) is 0. The highest BCUT2D eigenvalue weighted by Gasteiger charge is 2.52. The van der Waals surface area contributed by atoms with Crippen LogP contribution in [-0.4, -0.2) is 30.0 Å². The molecular formula is C15H17BF4O3. The molecule has 0 atom stereocenters. The van der Waals surface area contributed by atoms with E-state index < -0.39 is 53.8 Å². The van der Waals surface area contributed by atoms with E-state index in [2.05, 4.69) is 0 Å². The average molecular weight is 332 g/mol. The minimum atomic E-state index is -1.55. The minimum Gasteiger partial charge on any atom is -0.400 e. The molecule has 23 heavy (non-hydrogen) atoms. The number of hydrogen-bond acceptors (Lipinski definition) is 3. The Bertz CT molecular complexity index is 616. The first-order valence-corrected chi connectivity index (χ1v) is 7.00. The van der Waals surface area contributed by atoms with Crippen LogP contribution in [0.25, 0.3) is 6.08 Å². The largest absolute Gasteiger partial charge is 0.492 e. The van der Waals surface area contributed by atoms with Crippen molar-refractivity contribution in [1.29, 1.82) is 0 Å². The van der Waals surface area contributed by atoms with Crippen molar-refractivity contribution in [1.82, 2.24) is 0 Å². The van der Waals surface area contributed by atoms with E-state index in [4.69, 9.17) is 9.31 Å². The highest BCUT2D eigenvalue weighted by Crippen LogP contribution is 2.39. The zero-order chi connectivity index (χ0) is 17.6. The summed E-state index contributed by atoms with van der Waals surface area (Å²) in [6.45, 7) is 6.36. The zero-order valence-electron chi connectivity index (χ0n) is 13.2. The first kappa shape index (κ1) is 18.0. The maximum Gasteiger partial charge on any atom is 0.492 e. The normalized spacial score (nSPS) is 20.2. The first-order valence-electron chi connectivity index (χ1n) is 7.00. The van der Waals surface area contributed by atoms with E-state index in [-0.39, 0.29) is 11.5 Å². The van der Waals surface area contributed by atoms with Crippen molar-refractivity contribution in [3.8, 4) is 0 Å². The lowest BCUT2D eigenvalue weighted by atomic mass is 9.77. The molecule has 0 bridgehead atoms. The van der Waals surface area contributed by atoms with Gasteiger partial charge in [-0.1, -0.05) is 6.08 Å². The molecule has 1 aliphatic heterocycles. The van der Waals surface area contributed by atoms with Crippen LogP contribution in [0.4, 0.5) is 17.6 Å². The van der Waals surface area contributed by atoms with Crippen LogP contribution in [0.2, 0.25) is 0 Å². The van der Waals surface area contributed by atoms with Crippen LogP contribution in [0, 0.1) is 23.3 Å². The highest BCUT2D eigenvalue weighted by atomic mass is 19.2. The van der Waals surface area contributed by atoms with Crippen LogP contribution in [0.5, 0.6) is 0 Å². The molecule has 1 saturated heterocycles.